The van der Waals surface area contributed by atoms with Crippen molar-refractivity contribution in [1.82, 2.24) is 4.90 Å². The van der Waals surface area contributed by atoms with Gasteiger partial charge in [0.2, 0.25) is 0 Å². The van der Waals surface area contributed by atoms with Crippen LogP contribution in [0.2, 0.25) is 0 Å². The van der Waals surface area contributed by atoms with E-state index < -0.39 is 0 Å². The number of rotatable bonds is 4. The van der Waals surface area contributed by atoms with Crippen molar-refractivity contribution in [2.24, 2.45) is 0 Å². The van der Waals surface area contributed by atoms with Crippen molar-refractivity contribution in [2.75, 3.05) is 0 Å². The third-order valence-corrected chi connectivity index (χ3v) is 6.11. The molecule has 0 aliphatic carbocycles. The SMILES string of the molecule is C1=C(c2ccc(-c3ccccc3)cc2)CC2CCC1N2Cc1ccccc1. The van der Waals surface area contributed by atoms with Crippen LogP contribution in [-0.4, -0.2) is 17.0 Å². The van der Waals surface area contributed by atoms with Gasteiger partial charge in [0.05, 0.1) is 0 Å². The molecule has 1 fully saturated rings. The second-order valence-electron chi connectivity index (χ2n) is 7.80. The maximum absolute atomic E-state index is 2.71. The van der Waals surface area contributed by atoms with Gasteiger partial charge in [-0.25, -0.2) is 0 Å². The number of fused-ring (bicyclic) bond motifs is 2. The molecule has 3 aromatic rings. The molecule has 2 bridgehead atoms. The lowest BCUT2D eigenvalue weighted by atomic mass is 9.93. The van der Waals surface area contributed by atoms with E-state index in [2.05, 4.69) is 95.9 Å². The first-order valence-corrected chi connectivity index (χ1v) is 10.0. The molecule has 134 valence electrons. The lowest BCUT2D eigenvalue weighted by Crippen LogP contribution is -2.37. The van der Waals surface area contributed by atoms with Gasteiger partial charge in [-0.15, -0.1) is 0 Å². The Morgan fingerprint density at radius 1 is 0.667 bits per heavy atom. The Balaban J connectivity index is 1.36. The summed E-state index contributed by atoms with van der Waals surface area (Å²) in [7, 11) is 0. The molecule has 0 amide bonds. The number of benzene rings is 3. The third kappa shape index (κ3) is 3.36. The highest BCUT2D eigenvalue weighted by atomic mass is 15.2. The van der Waals surface area contributed by atoms with Gasteiger partial charge in [-0.05, 0) is 47.1 Å². The summed E-state index contributed by atoms with van der Waals surface area (Å²) in [6, 6.07) is 32.0. The second kappa shape index (κ2) is 7.17. The predicted octanol–water partition coefficient (Wildman–Crippen LogP) is 6.17. The Labute approximate surface area is 162 Å². The van der Waals surface area contributed by atoms with Gasteiger partial charge in [-0.2, -0.15) is 0 Å². The molecule has 2 heterocycles. The molecule has 0 N–H and O–H groups in total. The van der Waals surface area contributed by atoms with Crippen LogP contribution in [0.4, 0.5) is 0 Å². The standard InChI is InChI=1S/C26H25N/c1-3-7-20(8-4-1)19-27-25-15-16-26(27)18-24(17-25)23-13-11-22(12-14-23)21-9-5-2-6-10-21/h1-14,17,25-26H,15-16,18-19H2. The fraction of sp³-hybridized carbons (Fsp3) is 0.231. The van der Waals surface area contributed by atoms with Gasteiger partial charge < -0.3 is 0 Å². The van der Waals surface area contributed by atoms with Gasteiger partial charge in [0.15, 0.2) is 0 Å². The molecule has 2 aliphatic heterocycles. The van der Waals surface area contributed by atoms with E-state index in [1.807, 2.05) is 0 Å². The fourth-order valence-electron chi connectivity index (χ4n) is 4.68. The van der Waals surface area contributed by atoms with E-state index in [1.165, 1.54) is 47.1 Å². The third-order valence-electron chi connectivity index (χ3n) is 6.11. The van der Waals surface area contributed by atoms with E-state index in [1.54, 1.807) is 0 Å². The molecule has 3 aromatic carbocycles. The zero-order valence-corrected chi connectivity index (χ0v) is 15.6. The van der Waals surface area contributed by atoms with Crippen molar-refractivity contribution >= 4 is 5.57 Å². The summed E-state index contributed by atoms with van der Waals surface area (Å²) in [6.07, 6.45) is 6.32. The van der Waals surface area contributed by atoms with Crippen LogP contribution in [0.15, 0.2) is 91.0 Å². The molecule has 1 heteroatoms. The highest BCUT2D eigenvalue weighted by Crippen LogP contribution is 2.39. The minimum atomic E-state index is 0.591. The van der Waals surface area contributed by atoms with E-state index in [4.69, 9.17) is 0 Å². The molecule has 2 aliphatic rings. The zero-order valence-electron chi connectivity index (χ0n) is 15.6. The Morgan fingerprint density at radius 3 is 2.00 bits per heavy atom. The largest absolute Gasteiger partial charge is 0.289 e. The molecular weight excluding hydrogens is 326 g/mol. The molecule has 2 atom stereocenters. The zero-order chi connectivity index (χ0) is 18.1. The summed E-state index contributed by atoms with van der Waals surface area (Å²) in [6.45, 7) is 1.08. The van der Waals surface area contributed by atoms with Gasteiger partial charge in [-0.1, -0.05) is 91.0 Å². The predicted molar refractivity (Wildman–Crippen MR) is 113 cm³/mol. The highest BCUT2D eigenvalue weighted by Gasteiger charge is 2.36. The minimum Gasteiger partial charge on any atom is -0.289 e. The summed E-state index contributed by atoms with van der Waals surface area (Å²) >= 11 is 0. The molecule has 0 saturated carbocycles. The van der Waals surface area contributed by atoms with Crippen LogP contribution in [0.1, 0.15) is 30.4 Å². The lowest BCUT2D eigenvalue weighted by Gasteiger charge is -2.34. The number of nitrogens with zero attached hydrogens (tertiary/aromatic N) is 1. The van der Waals surface area contributed by atoms with Crippen LogP contribution >= 0.6 is 0 Å². The van der Waals surface area contributed by atoms with Crippen molar-refractivity contribution < 1.29 is 0 Å². The summed E-state index contributed by atoms with van der Waals surface area (Å²) in [5, 5.41) is 0. The van der Waals surface area contributed by atoms with Gasteiger partial charge in [0.1, 0.15) is 0 Å². The van der Waals surface area contributed by atoms with E-state index in [-0.39, 0.29) is 0 Å². The summed E-state index contributed by atoms with van der Waals surface area (Å²) in [5.41, 5.74) is 6.94. The van der Waals surface area contributed by atoms with Gasteiger partial charge in [0.25, 0.3) is 0 Å². The molecule has 0 radical (unpaired) electrons. The van der Waals surface area contributed by atoms with Crippen LogP contribution in [0, 0.1) is 0 Å². The van der Waals surface area contributed by atoms with Gasteiger partial charge >= 0.3 is 0 Å². The van der Waals surface area contributed by atoms with Crippen LogP contribution in [-0.2, 0) is 6.54 Å². The molecule has 27 heavy (non-hydrogen) atoms. The molecular formula is C26H25N. The van der Waals surface area contributed by atoms with Crippen molar-refractivity contribution in [2.45, 2.75) is 37.9 Å². The lowest BCUT2D eigenvalue weighted by molar-refractivity contribution is 0.203. The van der Waals surface area contributed by atoms with Crippen molar-refractivity contribution in [3.05, 3.63) is 102 Å². The Hall–Kier alpha value is -2.64. The van der Waals surface area contributed by atoms with E-state index in [0.29, 0.717) is 12.1 Å². The quantitative estimate of drug-likeness (QED) is 0.543. The number of hydrogen-bond acceptors (Lipinski definition) is 1. The van der Waals surface area contributed by atoms with Gasteiger partial charge in [-0.3, -0.25) is 4.90 Å². The average Bonchev–Trinajstić information content (AvgIpc) is 2.97. The van der Waals surface area contributed by atoms with E-state index >= 15 is 0 Å². The molecule has 5 rings (SSSR count). The summed E-state index contributed by atoms with van der Waals surface area (Å²) in [5.74, 6) is 0. The molecule has 1 nitrogen and oxygen atoms in total. The normalized spacial score (nSPS) is 21.9. The monoisotopic (exact) mass is 351 g/mol. The Bertz CT molecular complexity index is 925. The first-order valence-electron chi connectivity index (χ1n) is 10.0. The summed E-state index contributed by atoms with van der Waals surface area (Å²) in [4.78, 5) is 2.71. The maximum atomic E-state index is 2.71. The summed E-state index contributed by atoms with van der Waals surface area (Å²) < 4.78 is 0. The molecule has 1 saturated heterocycles. The highest BCUT2D eigenvalue weighted by molar-refractivity contribution is 5.72. The minimum absolute atomic E-state index is 0.591. The maximum Gasteiger partial charge on any atom is 0.0291 e. The second-order valence-corrected chi connectivity index (χ2v) is 7.80. The number of hydrogen-bond donors (Lipinski definition) is 0. The van der Waals surface area contributed by atoms with Gasteiger partial charge in [0, 0.05) is 18.6 Å². The molecule has 2 unspecified atom stereocenters. The first kappa shape index (κ1) is 16.5. The first-order chi connectivity index (χ1) is 13.4. The smallest absolute Gasteiger partial charge is 0.0291 e. The Morgan fingerprint density at radius 2 is 1.30 bits per heavy atom. The van der Waals surface area contributed by atoms with Crippen LogP contribution in [0.5, 0.6) is 0 Å². The van der Waals surface area contributed by atoms with Crippen LogP contribution in [0.25, 0.3) is 16.7 Å². The van der Waals surface area contributed by atoms with Crippen LogP contribution in [0.3, 0.4) is 0 Å². The van der Waals surface area contributed by atoms with Crippen LogP contribution < -0.4 is 0 Å². The molecule has 0 aromatic heterocycles. The van der Waals surface area contributed by atoms with E-state index in [9.17, 15) is 0 Å². The van der Waals surface area contributed by atoms with Crippen molar-refractivity contribution in [1.29, 1.82) is 0 Å². The Kier molecular flexibility index (Phi) is 4.39. The average molecular weight is 351 g/mol. The van der Waals surface area contributed by atoms with Crippen molar-refractivity contribution in [3.63, 3.8) is 0 Å². The van der Waals surface area contributed by atoms with Crippen molar-refractivity contribution in [3.8, 4) is 11.1 Å². The molecule has 0 spiro atoms. The topological polar surface area (TPSA) is 3.24 Å². The van der Waals surface area contributed by atoms with E-state index in [0.717, 1.165) is 6.54 Å². The fourth-order valence-corrected chi connectivity index (χ4v) is 4.68.